The van der Waals surface area contributed by atoms with Gasteiger partial charge in [0.15, 0.2) is 0 Å². The van der Waals surface area contributed by atoms with Crippen LogP contribution >= 0.6 is 0 Å². The molecule has 2 saturated carbocycles. The molecule has 110 valence electrons. The van der Waals surface area contributed by atoms with Gasteiger partial charge in [0.25, 0.3) is 0 Å². The molecule has 0 radical (unpaired) electrons. The van der Waals surface area contributed by atoms with E-state index in [2.05, 4.69) is 19.2 Å². The SMILES string of the molecule is CC1CCC(NC(=O)C2C3C=CC(C3)C2C(=O)O)C1C. The van der Waals surface area contributed by atoms with Crippen LogP contribution in [-0.2, 0) is 9.59 Å². The van der Waals surface area contributed by atoms with Crippen LogP contribution in [0, 0.1) is 35.5 Å². The first-order valence-corrected chi connectivity index (χ1v) is 7.70. The Morgan fingerprint density at radius 3 is 2.30 bits per heavy atom. The van der Waals surface area contributed by atoms with E-state index in [4.69, 9.17) is 0 Å². The molecule has 3 rings (SSSR count). The minimum absolute atomic E-state index is 0.0415. The molecule has 0 aromatic heterocycles. The van der Waals surface area contributed by atoms with E-state index in [9.17, 15) is 14.7 Å². The van der Waals surface area contributed by atoms with Crippen molar-refractivity contribution in [2.75, 3.05) is 0 Å². The maximum atomic E-state index is 12.5. The molecule has 20 heavy (non-hydrogen) atoms. The normalized spacial score (nSPS) is 45.8. The molecule has 7 unspecified atom stereocenters. The van der Waals surface area contributed by atoms with Crippen LogP contribution < -0.4 is 5.32 Å². The number of hydrogen-bond donors (Lipinski definition) is 2. The summed E-state index contributed by atoms with van der Waals surface area (Å²) in [5.74, 6) is -0.477. The molecule has 0 heterocycles. The highest BCUT2D eigenvalue weighted by molar-refractivity contribution is 5.87. The molecule has 2 fully saturated rings. The first kappa shape index (κ1) is 13.7. The van der Waals surface area contributed by atoms with Crippen molar-refractivity contribution in [2.24, 2.45) is 35.5 Å². The monoisotopic (exact) mass is 277 g/mol. The fourth-order valence-electron chi connectivity index (χ4n) is 4.36. The largest absolute Gasteiger partial charge is 0.481 e. The summed E-state index contributed by atoms with van der Waals surface area (Å²) in [5.41, 5.74) is 0. The molecule has 3 aliphatic carbocycles. The average molecular weight is 277 g/mol. The predicted molar refractivity (Wildman–Crippen MR) is 74.8 cm³/mol. The van der Waals surface area contributed by atoms with Crippen LogP contribution in [-0.4, -0.2) is 23.0 Å². The fraction of sp³-hybridized carbons (Fsp3) is 0.750. The third-order valence-corrected chi connectivity index (χ3v) is 5.84. The van der Waals surface area contributed by atoms with Gasteiger partial charge < -0.3 is 10.4 Å². The Bertz CT molecular complexity index is 459. The lowest BCUT2D eigenvalue weighted by molar-refractivity contribution is -0.148. The average Bonchev–Trinajstić information content (AvgIpc) is 3.08. The van der Waals surface area contributed by atoms with Gasteiger partial charge in [0.1, 0.15) is 0 Å². The van der Waals surface area contributed by atoms with Crippen LogP contribution in [0.15, 0.2) is 12.2 Å². The van der Waals surface area contributed by atoms with Crippen LogP contribution in [0.4, 0.5) is 0 Å². The summed E-state index contributed by atoms with van der Waals surface area (Å²) in [6, 6.07) is 0.218. The summed E-state index contributed by atoms with van der Waals surface area (Å²) in [7, 11) is 0. The number of amides is 1. The number of aliphatic carboxylic acids is 1. The minimum atomic E-state index is -0.824. The molecular formula is C16H23NO3. The zero-order valence-electron chi connectivity index (χ0n) is 12.1. The second kappa shape index (κ2) is 4.90. The molecule has 1 amide bonds. The van der Waals surface area contributed by atoms with Crippen molar-refractivity contribution in [2.45, 2.75) is 39.2 Å². The Labute approximate surface area is 119 Å². The standard InChI is InChI=1S/C16H23NO3/c1-8-3-6-12(9(8)2)17-15(18)13-10-4-5-11(7-10)14(13)16(19)20/h4-5,8-14H,3,6-7H2,1-2H3,(H,17,18)(H,19,20). The number of carbonyl (C=O) groups is 2. The van der Waals surface area contributed by atoms with Crippen LogP contribution in [0.5, 0.6) is 0 Å². The number of hydrogen-bond acceptors (Lipinski definition) is 2. The number of nitrogens with one attached hydrogen (secondary N) is 1. The molecule has 0 aromatic carbocycles. The highest BCUT2D eigenvalue weighted by Crippen LogP contribution is 2.48. The fourth-order valence-corrected chi connectivity index (χ4v) is 4.36. The van der Waals surface area contributed by atoms with E-state index >= 15 is 0 Å². The van der Waals surface area contributed by atoms with Gasteiger partial charge in [0.2, 0.25) is 5.91 Å². The van der Waals surface area contributed by atoms with Gasteiger partial charge in [-0.1, -0.05) is 26.0 Å². The zero-order chi connectivity index (χ0) is 14.4. The van der Waals surface area contributed by atoms with Crippen molar-refractivity contribution in [3.63, 3.8) is 0 Å². The van der Waals surface area contributed by atoms with E-state index in [-0.39, 0.29) is 29.7 Å². The molecular weight excluding hydrogens is 254 g/mol. The molecule has 2 N–H and O–H groups in total. The molecule has 3 aliphatic rings. The summed E-state index contributed by atoms with van der Waals surface area (Å²) in [4.78, 5) is 24.0. The van der Waals surface area contributed by atoms with Gasteiger partial charge >= 0.3 is 5.97 Å². The van der Waals surface area contributed by atoms with E-state index in [1.807, 2.05) is 12.2 Å². The maximum Gasteiger partial charge on any atom is 0.307 e. The number of rotatable bonds is 3. The van der Waals surface area contributed by atoms with E-state index in [0.29, 0.717) is 11.8 Å². The second-order valence-corrected chi connectivity index (χ2v) is 6.87. The molecule has 0 saturated heterocycles. The van der Waals surface area contributed by atoms with Gasteiger partial charge in [-0.15, -0.1) is 0 Å². The molecule has 2 bridgehead atoms. The van der Waals surface area contributed by atoms with Crippen molar-refractivity contribution in [1.29, 1.82) is 0 Å². The number of carbonyl (C=O) groups excluding carboxylic acids is 1. The lowest BCUT2D eigenvalue weighted by Gasteiger charge is -2.27. The Morgan fingerprint density at radius 2 is 1.75 bits per heavy atom. The summed E-state index contributed by atoms with van der Waals surface area (Å²) < 4.78 is 0. The molecule has 7 atom stereocenters. The zero-order valence-corrected chi connectivity index (χ0v) is 12.1. The summed E-state index contributed by atoms with van der Waals surface area (Å²) in [6.45, 7) is 4.40. The van der Waals surface area contributed by atoms with Gasteiger partial charge in [0.05, 0.1) is 11.8 Å². The Morgan fingerprint density at radius 1 is 1.10 bits per heavy atom. The molecule has 0 spiro atoms. The van der Waals surface area contributed by atoms with E-state index in [1.54, 1.807) is 0 Å². The number of fused-ring (bicyclic) bond motifs is 2. The highest BCUT2D eigenvalue weighted by atomic mass is 16.4. The van der Waals surface area contributed by atoms with E-state index in [1.165, 1.54) is 0 Å². The third kappa shape index (κ3) is 2.05. The van der Waals surface area contributed by atoms with E-state index < -0.39 is 11.9 Å². The van der Waals surface area contributed by atoms with E-state index in [0.717, 1.165) is 19.3 Å². The third-order valence-electron chi connectivity index (χ3n) is 5.84. The van der Waals surface area contributed by atoms with Crippen molar-refractivity contribution in [1.82, 2.24) is 5.32 Å². The minimum Gasteiger partial charge on any atom is -0.481 e. The van der Waals surface area contributed by atoms with Crippen molar-refractivity contribution in [3.8, 4) is 0 Å². The van der Waals surface area contributed by atoms with Gasteiger partial charge in [0, 0.05) is 6.04 Å². The van der Waals surface area contributed by atoms with Crippen molar-refractivity contribution in [3.05, 3.63) is 12.2 Å². The second-order valence-electron chi connectivity index (χ2n) is 6.87. The lowest BCUT2D eigenvalue weighted by Crippen LogP contribution is -2.45. The summed E-state index contributed by atoms with van der Waals surface area (Å²) in [6.07, 6.45) is 7.00. The quantitative estimate of drug-likeness (QED) is 0.776. The molecule has 4 nitrogen and oxygen atoms in total. The first-order valence-electron chi connectivity index (χ1n) is 7.70. The lowest BCUT2D eigenvalue weighted by atomic mass is 9.82. The van der Waals surface area contributed by atoms with Gasteiger partial charge in [-0.3, -0.25) is 9.59 Å². The van der Waals surface area contributed by atoms with Crippen LogP contribution in [0.3, 0.4) is 0 Å². The Balaban J connectivity index is 1.71. The topological polar surface area (TPSA) is 66.4 Å². The first-order chi connectivity index (χ1) is 9.49. The Kier molecular flexibility index (Phi) is 3.35. The molecule has 0 aliphatic heterocycles. The van der Waals surface area contributed by atoms with Crippen molar-refractivity contribution < 1.29 is 14.7 Å². The van der Waals surface area contributed by atoms with Gasteiger partial charge in [-0.25, -0.2) is 0 Å². The summed E-state index contributed by atoms with van der Waals surface area (Å²) >= 11 is 0. The number of carboxylic acids is 1. The predicted octanol–water partition coefficient (Wildman–Crippen LogP) is 2.06. The summed E-state index contributed by atoms with van der Waals surface area (Å²) in [5, 5.41) is 12.5. The number of allylic oxidation sites excluding steroid dienone is 2. The molecule has 4 heteroatoms. The van der Waals surface area contributed by atoms with Crippen LogP contribution in [0.2, 0.25) is 0 Å². The molecule has 0 aromatic rings. The maximum absolute atomic E-state index is 12.5. The van der Waals surface area contributed by atoms with Crippen LogP contribution in [0.25, 0.3) is 0 Å². The van der Waals surface area contributed by atoms with Crippen molar-refractivity contribution >= 4 is 11.9 Å². The number of carboxylic acid groups (broad SMARTS) is 1. The van der Waals surface area contributed by atoms with Gasteiger partial charge in [-0.05, 0) is 42.9 Å². The highest BCUT2D eigenvalue weighted by Gasteiger charge is 2.52. The van der Waals surface area contributed by atoms with Gasteiger partial charge in [-0.2, -0.15) is 0 Å². The Hall–Kier alpha value is -1.32. The van der Waals surface area contributed by atoms with Crippen LogP contribution in [0.1, 0.15) is 33.1 Å². The smallest absolute Gasteiger partial charge is 0.307 e.